The van der Waals surface area contributed by atoms with Gasteiger partial charge in [0.25, 0.3) is 0 Å². The molecule has 5 rings (SSSR count). The first kappa shape index (κ1) is 45.7. The van der Waals surface area contributed by atoms with Gasteiger partial charge < -0.3 is 36.8 Å². The summed E-state index contributed by atoms with van der Waals surface area (Å²) in [5.74, 6) is -1.96. The van der Waals surface area contributed by atoms with E-state index in [2.05, 4.69) is 24.5 Å². The maximum atomic E-state index is 13.2. The van der Waals surface area contributed by atoms with Crippen LogP contribution in [0, 0.1) is 40.4 Å². The van der Waals surface area contributed by atoms with E-state index in [1.54, 1.807) is 14.7 Å². The van der Waals surface area contributed by atoms with Crippen LogP contribution in [0.5, 0.6) is 0 Å². The minimum absolute atomic E-state index is 0.0527. The minimum atomic E-state index is -1.03. The van der Waals surface area contributed by atoms with Gasteiger partial charge in [-0.15, -0.1) is 0 Å². The van der Waals surface area contributed by atoms with E-state index in [0.717, 1.165) is 64.2 Å². The molecule has 0 aromatic rings. The highest BCUT2D eigenvalue weighted by Gasteiger charge is 2.62. The van der Waals surface area contributed by atoms with Gasteiger partial charge in [0.2, 0.25) is 17.7 Å². The number of carbonyl (C=O) groups excluding carboxylic acids is 3. The highest BCUT2D eigenvalue weighted by atomic mass is 16.4. The molecule has 9 atom stereocenters. The predicted molar refractivity (Wildman–Crippen MR) is 213 cm³/mol. The van der Waals surface area contributed by atoms with Crippen LogP contribution < -0.4 is 16.4 Å². The Morgan fingerprint density at radius 3 is 1.67 bits per heavy atom. The van der Waals surface area contributed by atoms with Crippen molar-refractivity contribution < 1.29 is 49.2 Å². The van der Waals surface area contributed by atoms with E-state index < -0.39 is 17.9 Å². The van der Waals surface area contributed by atoms with E-state index >= 15 is 0 Å². The zero-order chi connectivity index (χ0) is 42.2. The summed E-state index contributed by atoms with van der Waals surface area (Å²) in [6.07, 6.45) is 9.72. The van der Waals surface area contributed by atoms with E-state index in [4.69, 9.17) is 5.73 Å². The molecule has 5 aliphatic rings. The normalized spacial score (nSPS) is 34.3. The van der Waals surface area contributed by atoms with Gasteiger partial charge in [-0.05, 0) is 105 Å². The molecule has 1 heterocycles. The van der Waals surface area contributed by atoms with Crippen LogP contribution in [0.2, 0.25) is 0 Å². The molecule has 8 N–H and O–H groups in total. The minimum Gasteiger partial charge on any atom is -0.480 e. The maximum Gasteiger partial charge on any atom is 0.317 e. The van der Waals surface area contributed by atoms with Crippen LogP contribution in [0.25, 0.3) is 0 Å². The number of fused-ring (bicyclic) bond motifs is 5. The maximum absolute atomic E-state index is 13.2. The van der Waals surface area contributed by atoms with Crippen molar-refractivity contribution in [3.8, 4) is 0 Å². The lowest BCUT2D eigenvalue weighted by Gasteiger charge is -2.62. The molecule has 0 aromatic heterocycles. The molecular weight excluding hydrogens is 750 g/mol. The number of carbonyl (C=O) groups is 6. The first-order valence-electron chi connectivity index (χ1n) is 21.5. The monoisotopic (exact) mass is 820 g/mol. The lowest BCUT2D eigenvalue weighted by Crippen LogP contribution is -2.59. The number of nitrogens with one attached hydrogen (secondary N) is 2. The third-order valence-corrected chi connectivity index (χ3v) is 15.0. The molecule has 58 heavy (non-hydrogen) atoms. The average Bonchev–Trinajstić information content (AvgIpc) is 3.47. The zero-order valence-corrected chi connectivity index (χ0v) is 34.6. The standard InChI is InChI=1S/C41H69N7O10/c1-40-11-9-31-39(30(40)7-6-27(40)4-3-5-33(42)50)32(49)21-28-20-29(8-10-41(28,31)2)44-34(51)22-43-35(52)23-45-12-14-46(24-36(53)54)16-18-48(26-38(57)58)19-17-47(15-13-45)25-37(55)56/h27-32,39,49H,3-26H2,1-2H3,(H2,42,50)(H,43,52)(H,44,51)(H,53,54)(H,55,56)(H,57,58)/t27-,28?,29?,30?,31?,32-,39?,40?,41?/m0/s1. The highest BCUT2D eigenvalue weighted by molar-refractivity contribution is 5.85. The molecule has 4 aliphatic carbocycles. The van der Waals surface area contributed by atoms with Gasteiger partial charge >= 0.3 is 17.9 Å². The topological polar surface area (TPSA) is 246 Å². The van der Waals surface area contributed by atoms with Crippen LogP contribution in [0.4, 0.5) is 0 Å². The predicted octanol–water partition coefficient (Wildman–Crippen LogP) is 0.348. The molecule has 1 saturated heterocycles. The first-order chi connectivity index (χ1) is 27.5. The van der Waals surface area contributed by atoms with Crippen molar-refractivity contribution in [3.63, 3.8) is 0 Å². The smallest absolute Gasteiger partial charge is 0.317 e. The number of aliphatic carboxylic acids is 3. The molecule has 328 valence electrons. The average molecular weight is 820 g/mol. The Hall–Kier alpha value is -3.38. The van der Waals surface area contributed by atoms with E-state index in [1.807, 2.05) is 4.90 Å². The molecule has 0 bridgehead atoms. The number of nitrogens with zero attached hydrogens (tertiary/aromatic N) is 4. The van der Waals surface area contributed by atoms with Crippen molar-refractivity contribution in [1.29, 1.82) is 0 Å². The number of aliphatic hydroxyl groups excluding tert-OH is 1. The van der Waals surface area contributed by atoms with Crippen LogP contribution in [-0.4, -0.2) is 173 Å². The zero-order valence-electron chi connectivity index (χ0n) is 34.6. The molecule has 17 heteroatoms. The van der Waals surface area contributed by atoms with Crippen molar-refractivity contribution in [1.82, 2.24) is 30.2 Å². The molecule has 0 spiro atoms. The van der Waals surface area contributed by atoms with Crippen molar-refractivity contribution in [3.05, 3.63) is 0 Å². The van der Waals surface area contributed by atoms with E-state index in [9.17, 15) is 49.2 Å². The Morgan fingerprint density at radius 2 is 1.16 bits per heavy atom. The number of primary amides is 1. The number of nitrogens with two attached hydrogens (primary N) is 1. The number of rotatable bonds is 15. The van der Waals surface area contributed by atoms with Gasteiger partial charge in [0.1, 0.15) is 0 Å². The Balaban J connectivity index is 1.12. The van der Waals surface area contributed by atoms with Crippen LogP contribution in [0.1, 0.15) is 84.5 Å². The highest BCUT2D eigenvalue weighted by Crippen LogP contribution is 2.68. The Bertz CT molecular complexity index is 1450. The summed E-state index contributed by atoms with van der Waals surface area (Å²) < 4.78 is 0. The number of hydrogen-bond acceptors (Lipinski definition) is 11. The molecule has 7 unspecified atom stereocenters. The van der Waals surface area contributed by atoms with Gasteiger partial charge in [0.05, 0.1) is 38.8 Å². The summed E-state index contributed by atoms with van der Waals surface area (Å²) in [5.41, 5.74) is 5.69. The number of carboxylic acid groups (broad SMARTS) is 3. The lowest BCUT2D eigenvalue weighted by atomic mass is 9.44. The van der Waals surface area contributed by atoms with Crippen molar-refractivity contribution in [2.24, 2.45) is 46.2 Å². The summed E-state index contributed by atoms with van der Waals surface area (Å²) in [4.78, 5) is 79.3. The van der Waals surface area contributed by atoms with Gasteiger partial charge in [-0.1, -0.05) is 13.8 Å². The van der Waals surface area contributed by atoms with Gasteiger partial charge in [-0.2, -0.15) is 0 Å². The van der Waals surface area contributed by atoms with Crippen LogP contribution in [0.15, 0.2) is 0 Å². The third kappa shape index (κ3) is 11.9. The summed E-state index contributed by atoms with van der Waals surface area (Å²) >= 11 is 0. The number of hydrogen-bond donors (Lipinski definition) is 7. The van der Waals surface area contributed by atoms with Crippen molar-refractivity contribution in [2.45, 2.75) is 96.6 Å². The summed E-state index contributed by atoms with van der Waals surface area (Å²) in [6.45, 7) is 6.11. The summed E-state index contributed by atoms with van der Waals surface area (Å²) in [5, 5.41) is 46.0. The summed E-state index contributed by atoms with van der Waals surface area (Å²) in [7, 11) is 0. The number of aliphatic hydroxyl groups is 1. The second kappa shape index (κ2) is 20.3. The second-order valence-electron chi connectivity index (χ2n) is 18.6. The van der Waals surface area contributed by atoms with Crippen molar-refractivity contribution in [2.75, 3.05) is 85.1 Å². The lowest BCUT2D eigenvalue weighted by molar-refractivity contribution is -0.165. The van der Waals surface area contributed by atoms with Crippen LogP contribution in [-0.2, 0) is 28.8 Å². The third-order valence-electron chi connectivity index (χ3n) is 15.0. The Morgan fingerprint density at radius 1 is 0.655 bits per heavy atom. The molecule has 5 fully saturated rings. The first-order valence-corrected chi connectivity index (χ1v) is 21.5. The van der Waals surface area contributed by atoms with Gasteiger partial charge in [0, 0.05) is 64.8 Å². The summed E-state index contributed by atoms with van der Waals surface area (Å²) in [6, 6.07) is -0.0527. The van der Waals surface area contributed by atoms with E-state index in [-0.39, 0.29) is 125 Å². The van der Waals surface area contributed by atoms with Gasteiger partial charge in [-0.25, -0.2) is 0 Å². The fourth-order valence-corrected chi connectivity index (χ4v) is 12.0. The molecule has 4 saturated carbocycles. The van der Waals surface area contributed by atoms with Gasteiger partial charge in [0.15, 0.2) is 0 Å². The Kier molecular flexibility index (Phi) is 16.0. The van der Waals surface area contributed by atoms with E-state index in [0.29, 0.717) is 37.3 Å². The SMILES string of the molecule is CC12CCC(NC(=O)CNC(=O)CN3CCN(CC(=O)O)CCN(CC(=O)O)CCN(CC(=O)O)CC3)CC1C[C@H](O)C1C2CCC2(C)C1CC[C@@H]2CCCC(N)=O. The quantitative estimate of drug-likeness (QED) is 0.118. The molecular formula is C41H69N7O10. The van der Waals surface area contributed by atoms with Crippen LogP contribution >= 0.6 is 0 Å². The molecule has 1 aliphatic heterocycles. The Labute approximate surface area is 342 Å². The number of amides is 3. The van der Waals surface area contributed by atoms with Crippen molar-refractivity contribution >= 4 is 35.6 Å². The largest absolute Gasteiger partial charge is 0.480 e. The van der Waals surface area contributed by atoms with Crippen LogP contribution in [0.3, 0.4) is 0 Å². The second-order valence-corrected chi connectivity index (χ2v) is 18.6. The molecule has 0 aromatic carbocycles. The van der Waals surface area contributed by atoms with Gasteiger partial charge in [-0.3, -0.25) is 48.4 Å². The molecule has 17 nitrogen and oxygen atoms in total. The molecule has 0 radical (unpaired) electrons. The number of carboxylic acids is 3. The fourth-order valence-electron chi connectivity index (χ4n) is 12.0. The fraction of sp³-hybridized carbons (Fsp3) is 0.854. The molecule has 3 amide bonds. The van der Waals surface area contributed by atoms with E-state index in [1.165, 1.54) is 0 Å².